The first-order valence-electron chi connectivity index (χ1n) is 11.6. The highest BCUT2D eigenvalue weighted by Gasteiger charge is 2.22. The Balaban J connectivity index is 1.63. The average molecular weight is 498 g/mol. The van der Waals surface area contributed by atoms with Crippen molar-refractivity contribution >= 4 is 28.2 Å². The average Bonchev–Trinajstić information content (AvgIpc) is 2.94. The van der Waals surface area contributed by atoms with E-state index >= 15 is 0 Å². The summed E-state index contributed by atoms with van der Waals surface area (Å²) < 4.78 is 22.2. The third kappa shape index (κ3) is 5.73. The number of anilines is 1. The number of ether oxygens (including phenoxy) is 4. The van der Waals surface area contributed by atoms with E-state index in [1.165, 1.54) is 27.4 Å². The van der Waals surface area contributed by atoms with Crippen LogP contribution in [0.5, 0.6) is 23.0 Å². The van der Waals surface area contributed by atoms with Gasteiger partial charge >= 0.3 is 0 Å². The molecule has 0 saturated carbocycles. The van der Waals surface area contributed by atoms with Gasteiger partial charge in [-0.15, -0.1) is 0 Å². The van der Waals surface area contributed by atoms with Crippen molar-refractivity contribution in [2.75, 3.05) is 33.3 Å². The number of carbonyl (C=O) groups is 2. The fraction of sp³-hybridized carbons (Fsp3) is 0.133. The first-order valence-corrected chi connectivity index (χ1v) is 11.6. The summed E-state index contributed by atoms with van der Waals surface area (Å²) in [6, 6.07) is 23.6. The third-order valence-electron chi connectivity index (χ3n) is 5.69. The van der Waals surface area contributed by atoms with Crippen molar-refractivity contribution in [3.05, 3.63) is 102 Å². The molecular weight excluding hydrogens is 470 g/mol. The third-order valence-corrected chi connectivity index (χ3v) is 5.69. The second-order valence-corrected chi connectivity index (χ2v) is 7.97. The molecule has 0 aliphatic rings. The minimum absolute atomic E-state index is 0.0933. The lowest BCUT2D eigenvalue weighted by Gasteiger charge is -2.16. The summed E-state index contributed by atoms with van der Waals surface area (Å²) in [5, 5.41) is 4.41. The van der Waals surface area contributed by atoms with Crippen LogP contribution in [0.15, 0.2) is 91.0 Å². The normalized spacial score (nSPS) is 10.8. The molecule has 0 aliphatic carbocycles. The lowest BCUT2D eigenvalue weighted by molar-refractivity contribution is -0.111. The minimum atomic E-state index is -0.276. The molecule has 4 aromatic rings. The highest BCUT2D eigenvalue weighted by atomic mass is 16.5. The van der Waals surface area contributed by atoms with Gasteiger partial charge in [-0.25, -0.2) is 0 Å². The number of amides is 1. The first kappa shape index (κ1) is 25.3. The van der Waals surface area contributed by atoms with E-state index in [1.54, 1.807) is 36.4 Å². The van der Waals surface area contributed by atoms with Crippen LogP contribution >= 0.6 is 0 Å². The molecule has 0 bridgehead atoms. The van der Waals surface area contributed by atoms with Crippen molar-refractivity contribution in [2.45, 2.75) is 0 Å². The Bertz CT molecular complexity index is 1420. The largest absolute Gasteiger partial charge is 0.493 e. The van der Waals surface area contributed by atoms with E-state index in [1.807, 2.05) is 48.5 Å². The molecular formula is C30H27NO6. The second kappa shape index (κ2) is 11.8. The van der Waals surface area contributed by atoms with Crippen LogP contribution in [0.4, 0.5) is 5.69 Å². The van der Waals surface area contributed by atoms with E-state index in [0.29, 0.717) is 39.8 Å². The van der Waals surface area contributed by atoms with Crippen molar-refractivity contribution in [1.29, 1.82) is 0 Å². The minimum Gasteiger partial charge on any atom is -0.493 e. The lowest BCUT2D eigenvalue weighted by Crippen LogP contribution is -2.09. The van der Waals surface area contributed by atoms with Gasteiger partial charge in [0.05, 0.1) is 26.9 Å². The standard InChI is InChI=1S/C30H27NO6/c1-34-25-18-21(19-26(35-2)30(25)36-3)29(33)28-23-13-8-7-10-20(23)15-16-24(28)37-17-9-14-27(32)31-22-11-5-4-6-12-22/h4-16,18-19H,17H2,1-3H3,(H,31,32)/b14-9+. The number of methoxy groups -OCH3 is 3. The molecule has 188 valence electrons. The van der Waals surface area contributed by atoms with Crippen LogP contribution in [-0.4, -0.2) is 39.6 Å². The zero-order valence-corrected chi connectivity index (χ0v) is 20.8. The number of hydrogen-bond acceptors (Lipinski definition) is 6. The van der Waals surface area contributed by atoms with Crippen LogP contribution in [-0.2, 0) is 4.79 Å². The summed E-state index contributed by atoms with van der Waals surface area (Å²) in [5.41, 5.74) is 1.45. The van der Waals surface area contributed by atoms with Crippen LogP contribution in [0.2, 0.25) is 0 Å². The molecule has 1 N–H and O–H groups in total. The molecule has 0 fully saturated rings. The van der Waals surface area contributed by atoms with Crippen LogP contribution in [0, 0.1) is 0 Å². The summed E-state index contributed by atoms with van der Waals surface area (Å²) >= 11 is 0. The highest BCUT2D eigenvalue weighted by molar-refractivity contribution is 6.18. The summed E-state index contributed by atoms with van der Waals surface area (Å²) in [4.78, 5) is 26.0. The van der Waals surface area contributed by atoms with Crippen LogP contribution in [0.3, 0.4) is 0 Å². The van der Waals surface area contributed by atoms with Crippen molar-refractivity contribution in [2.24, 2.45) is 0 Å². The summed E-state index contributed by atoms with van der Waals surface area (Å²) in [7, 11) is 4.50. The number of carbonyl (C=O) groups excluding carboxylic acids is 2. The number of fused-ring (bicyclic) bond motifs is 1. The van der Waals surface area contributed by atoms with E-state index < -0.39 is 0 Å². The van der Waals surface area contributed by atoms with Crippen molar-refractivity contribution in [1.82, 2.24) is 0 Å². The number of benzene rings is 4. The predicted molar refractivity (Wildman–Crippen MR) is 143 cm³/mol. The van der Waals surface area contributed by atoms with E-state index in [9.17, 15) is 9.59 Å². The maximum Gasteiger partial charge on any atom is 0.248 e. The van der Waals surface area contributed by atoms with Gasteiger partial charge in [0.1, 0.15) is 12.4 Å². The number of ketones is 1. The quantitative estimate of drug-likeness (QED) is 0.225. The van der Waals surface area contributed by atoms with Crippen LogP contribution in [0.1, 0.15) is 15.9 Å². The Morgan fingerprint density at radius 1 is 0.784 bits per heavy atom. The first-order chi connectivity index (χ1) is 18.0. The zero-order chi connectivity index (χ0) is 26.2. The lowest BCUT2D eigenvalue weighted by atomic mass is 9.95. The van der Waals surface area contributed by atoms with Crippen LogP contribution < -0.4 is 24.3 Å². The predicted octanol–water partition coefficient (Wildman–Crippen LogP) is 5.67. The summed E-state index contributed by atoms with van der Waals surface area (Å²) in [5.74, 6) is 1.000. The Morgan fingerprint density at radius 3 is 2.14 bits per heavy atom. The molecule has 0 aromatic heterocycles. The molecule has 4 aromatic carbocycles. The molecule has 0 atom stereocenters. The molecule has 1 amide bonds. The molecule has 37 heavy (non-hydrogen) atoms. The molecule has 0 radical (unpaired) electrons. The molecule has 0 unspecified atom stereocenters. The Kier molecular flexibility index (Phi) is 8.05. The number of hydrogen-bond donors (Lipinski definition) is 1. The van der Waals surface area contributed by atoms with Gasteiger partial charge in [-0.05, 0) is 47.2 Å². The van der Waals surface area contributed by atoms with E-state index in [-0.39, 0.29) is 18.3 Å². The Morgan fingerprint density at radius 2 is 1.46 bits per heavy atom. The molecule has 7 nitrogen and oxygen atoms in total. The number of para-hydroxylation sites is 1. The van der Waals surface area contributed by atoms with E-state index in [4.69, 9.17) is 18.9 Å². The molecule has 4 rings (SSSR count). The Hall–Kier alpha value is -4.78. The molecule has 0 heterocycles. The maximum atomic E-state index is 13.8. The fourth-order valence-corrected chi connectivity index (χ4v) is 3.96. The topological polar surface area (TPSA) is 83.1 Å². The van der Waals surface area contributed by atoms with Crippen molar-refractivity contribution < 1.29 is 28.5 Å². The monoisotopic (exact) mass is 497 g/mol. The Labute approximate surface area is 215 Å². The molecule has 7 heteroatoms. The smallest absolute Gasteiger partial charge is 0.248 e. The molecule has 0 aliphatic heterocycles. The van der Waals surface area contributed by atoms with Gasteiger partial charge in [-0.1, -0.05) is 48.5 Å². The SMILES string of the molecule is COc1cc(C(=O)c2c(OC/C=C/C(=O)Nc3ccccc3)ccc3ccccc23)cc(OC)c1OC. The van der Waals surface area contributed by atoms with Gasteiger partial charge in [0.15, 0.2) is 17.3 Å². The van der Waals surface area contributed by atoms with Gasteiger partial charge < -0.3 is 24.3 Å². The fourth-order valence-electron chi connectivity index (χ4n) is 3.96. The van der Waals surface area contributed by atoms with E-state index in [0.717, 1.165) is 10.8 Å². The molecule has 0 saturated heterocycles. The highest BCUT2D eigenvalue weighted by Crippen LogP contribution is 2.40. The zero-order valence-electron chi connectivity index (χ0n) is 20.8. The van der Waals surface area contributed by atoms with Crippen LogP contribution in [0.25, 0.3) is 10.8 Å². The number of rotatable bonds is 10. The van der Waals surface area contributed by atoms with E-state index in [2.05, 4.69) is 5.32 Å². The summed E-state index contributed by atoms with van der Waals surface area (Å²) in [6.45, 7) is 0.0933. The van der Waals surface area contributed by atoms with Crippen molar-refractivity contribution in [3.8, 4) is 23.0 Å². The van der Waals surface area contributed by atoms with Gasteiger partial charge in [0, 0.05) is 17.3 Å². The number of nitrogens with one attached hydrogen (secondary N) is 1. The van der Waals surface area contributed by atoms with Gasteiger partial charge in [0.2, 0.25) is 11.7 Å². The van der Waals surface area contributed by atoms with Gasteiger partial charge in [-0.3, -0.25) is 9.59 Å². The second-order valence-electron chi connectivity index (χ2n) is 7.97. The molecule has 0 spiro atoms. The van der Waals surface area contributed by atoms with Gasteiger partial charge in [-0.2, -0.15) is 0 Å². The maximum absolute atomic E-state index is 13.8. The summed E-state index contributed by atoms with van der Waals surface area (Å²) in [6.07, 6.45) is 3.00. The van der Waals surface area contributed by atoms with Gasteiger partial charge in [0.25, 0.3) is 0 Å². The van der Waals surface area contributed by atoms with Crippen molar-refractivity contribution in [3.63, 3.8) is 0 Å².